The Morgan fingerprint density at radius 2 is 1.83 bits per heavy atom. The van der Waals surface area contributed by atoms with E-state index in [2.05, 4.69) is 5.32 Å². The van der Waals surface area contributed by atoms with E-state index < -0.39 is 16.1 Å². The number of nitrogens with zero attached hydrogens (tertiary/aromatic N) is 1. The van der Waals surface area contributed by atoms with Gasteiger partial charge >= 0.3 is 6.03 Å². The van der Waals surface area contributed by atoms with E-state index in [0.29, 0.717) is 5.75 Å². The predicted octanol–water partition coefficient (Wildman–Crippen LogP) is 3.03. The van der Waals surface area contributed by atoms with Crippen LogP contribution in [0.5, 0.6) is 5.75 Å². The molecule has 0 saturated carbocycles. The van der Waals surface area contributed by atoms with Gasteiger partial charge in [-0.15, -0.1) is 0 Å². The fraction of sp³-hybridized carbons (Fsp3) is 0.364. The summed E-state index contributed by atoms with van der Waals surface area (Å²) >= 11 is 17.3. The van der Waals surface area contributed by atoms with Gasteiger partial charge in [0.05, 0.1) is 0 Å². The number of carbonyl (C=O) groups is 1. The van der Waals surface area contributed by atoms with Crippen molar-refractivity contribution in [2.75, 3.05) is 14.1 Å². The summed E-state index contributed by atoms with van der Waals surface area (Å²) in [5.74, 6) is 0.493. The molecule has 4 nitrogen and oxygen atoms in total. The molecule has 0 aliphatic rings. The van der Waals surface area contributed by atoms with Gasteiger partial charge in [-0.1, -0.05) is 53.0 Å². The zero-order valence-electron chi connectivity index (χ0n) is 9.86. The molecule has 0 radical (unpaired) electrons. The topological polar surface area (TPSA) is 41.6 Å². The van der Waals surface area contributed by atoms with Crippen molar-refractivity contribution in [3.8, 4) is 5.75 Å². The molecule has 7 heteroatoms. The maximum atomic E-state index is 11.5. The van der Waals surface area contributed by atoms with Crippen molar-refractivity contribution in [3.05, 3.63) is 30.3 Å². The standard InChI is InChI=1S/C11H13Cl3N2O2/c1-16(2)10(17)15-9(11(12,13)14)18-8-6-4-3-5-7-8/h3-7,9H,1-2H3,(H,15,17)/t9-/m0/s1. The van der Waals surface area contributed by atoms with Crippen LogP contribution < -0.4 is 10.1 Å². The lowest BCUT2D eigenvalue weighted by atomic mass is 10.3. The van der Waals surface area contributed by atoms with Crippen LogP contribution in [0.1, 0.15) is 0 Å². The van der Waals surface area contributed by atoms with E-state index in [1.807, 2.05) is 6.07 Å². The van der Waals surface area contributed by atoms with Crippen LogP contribution in [0.2, 0.25) is 0 Å². The summed E-state index contributed by atoms with van der Waals surface area (Å²) in [7, 11) is 3.15. The number of alkyl halides is 3. The maximum absolute atomic E-state index is 11.5. The van der Waals surface area contributed by atoms with Gasteiger partial charge in [0.25, 0.3) is 0 Å². The van der Waals surface area contributed by atoms with Gasteiger partial charge in [-0.2, -0.15) is 0 Å². The highest BCUT2D eigenvalue weighted by atomic mass is 35.6. The van der Waals surface area contributed by atoms with Crippen molar-refractivity contribution in [1.29, 1.82) is 0 Å². The van der Waals surface area contributed by atoms with Crippen molar-refractivity contribution in [2.24, 2.45) is 0 Å². The largest absolute Gasteiger partial charge is 0.466 e. The number of benzene rings is 1. The Balaban J connectivity index is 2.77. The van der Waals surface area contributed by atoms with E-state index in [4.69, 9.17) is 39.5 Å². The van der Waals surface area contributed by atoms with Gasteiger partial charge in [0.1, 0.15) is 5.75 Å². The van der Waals surface area contributed by atoms with E-state index >= 15 is 0 Å². The first-order valence-electron chi connectivity index (χ1n) is 5.07. The minimum absolute atomic E-state index is 0.415. The Hall–Kier alpha value is -0.840. The molecule has 0 saturated heterocycles. The van der Waals surface area contributed by atoms with E-state index in [1.165, 1.54) is 4.90 Å². The first kappa shape index (κ1) is 15.2. The zero-order chi connectivity index (χ0) is 13.8. The Morgan fingerprint density at radius 3 is 2.28 bits per heavy atom. The van der Waals surface area contributed by atoms with Crippen LogP contribution in [0.4, 0.5) is 4.79 Å². The first-order valence-corrected chi connectivity index (χ1v) is 6.20. The Bertz CT molecular complexity index is 393. The molecule has 2 amide bonds. The van der Waals surface area contributed by atoms with Crippen LogP contribution in [0, 0.1) is 0 Å². The monoisotopic (exact) mass is 310 g/mol. The van der Waals surface area contributed by atoms with E-state index in [0.717, 1.165) is 0 Å². The van der Waals surface area contributed by atoms with E-state index in [-0.39, 0.29) is 0 Å². The Labute approximate surface area is 121 Å². The van der Waals surface area contributed by atoms with Crippen molar-refractivity contribution < 1.29 is 9.53 Å². The Kier molecular flexibility index (Phi) is 5.38. The molecule has 100 valence electrons. The van der Waals surface area contributed by atoms with Crippen LogP contribution in [-0.2, 0) is 0 Å². The lowest BCUT2D eigenvalue weighted by Gasteiger charge is -2.27. The van der Waals surface area contributed by atoms with Crippen LogP contribution in [0.25, 0.3) is 0 Å². The predicted molar refractivity (Wildman–Crippen MR) is 73.4 cm³/mol. The summed E-state index contributed by atoms with van der Waals surface area (Å²) < 4.78 is 3.67. The van der Waals surface area contributed by atoms with Crippen LogP contribution in [0.15, 0.2) is 30.3 Å². The molecule has 1 aromatic rings. The average Bonchev–Trinajstić information content (AvgIpc) is 2.28. The number of nitrogens with one attached hydrogen (secondary N) is 1. The fourth-order valence-corrected chi connectivity index (χ4v) is 1.35. The molecule has 0 bridgehead atoms. The highest BCUT2D eigenvalue weighted by Gasteiger charge is 2.36. The lowest BCUT2D eigenvalue weighted by molar-refractivity contribution is 0.154. The smallest absolute Gasteiger partial charge is 0.319 e. The third-order valence-electron chi connectivity index (χ3n) is 1.96. The molecule has 1 rings (SSSR count). The molecular weight excluding hydrogens is 298 g/mol. The van der Waals surface area contributed by atoms with Crippen LogP contribution in [0.3, 0.4) is 0 Å². The van der Waals surface area contributed by atoms with Gasteiger partial charge in [-0.3, -0.25) is 5.32 Å². The summed E-state index contributed by atoms with van der Waals surface area (Å²) in [4.78, 5) is 12.9. The first-order chi connectivity index (χ1) is 8.30. The molecule has 1 N–H and O–H groups in total. The highest BCUT2D eigenvalue weighted by molar-refractivity contribution is 6.68. The molecule has 0 aliphatic heterocycles. The molecule has 18 heavy (non-hydrogen) atoms. The van der Waals surface area contributed by atoms with Gasteiger partial charge in [0.15, 0.2) is 0 Å². The molecule has 0 aliphatic carbocycles. The number of urea groups is 1. The normalized spacial score (nSPS) is 12.7. The number of rotatable bonds is 3. The molecule has 0 spiro atoms. The second-order valence-electron chi connectivity index (χ2n) is 3.70. The molecule has 1 aromatic carbocycles. The number of carbonyl (C=O) groups excluding carboxylic acids is 1. The highest BCUT2D eigenvalue weighted by Crippen LogP contribution is 2.31. The number of para-hydroxylation sites is 1. The van der Waals surface area contributed by atoms with Crippen molar-refractivity contribution in [1.82, 2.24) is 10.2 Å². The third-order valence-corrected chi connectivity index (χ3v) is 2.55. The number of amides is 2. The summed E-state index contributed by atoms with van der Waals surface area (Å²) in [6.45, 7) is 0. The number of hydrogen-bond donors (Lipinski definition) is 1. The molecule has 0 fully saturated rings. The molecular formula is C11H13Cl3N2O2. The third kappa shape index (κ3) is 4.80. The summed E-state index contributed by atoms with van der Waals surface area (Å²) in [6, 6.07) is 8.37. The van der Waals surface area contributed by atoms with Crippen molar-refractivity contribution in [2.45, 2.75) is 10.0 Å². The lowest BCUT2D eigenvalue weighted by Crippen LogP contribution is -2.50. The van der Waals surface area contributed by atoms with E-state index in [1.54, 1.807) is 38.4 Å². The minimum Gasteiger partial charge on any atom is -0.466 e. The second kappa shape index (κ2) is 6.36. The van der Waals surface area contributed by atoms with Gasteiger partial charge in [-0.05, 0) is 12.1 Å². The SMILES string of the molecule is CN(C)C(=O)N[C@@H](Oc1ccccc1)C(Cl)(Cl)Cl. The molecule has 0 heterocycles. The van der Waals surface area contributed by atoms with Crippen molar-refractivity contribution in [3.63, 3.8) is 0 Å². The number of hydrogen-bond acceptors (Lipinski definition) is 2. The van der Waals surface area contributed by atoms with Gasteiger partial charge < -0.3 is 9.64 Å². The number of ether oxygens (including phenoxy) is 1. The maximum Gasteiger partial charge on any atom is 0.319 e. The summed E-state index contributed by atoms with van der Waals surface area (Å²) in [6.07, 6.45) is -1.08. The van der Waals surface area contributed by atoms with Gasteiger partial charge in [0, 0.05) is 14.1 Å². The molecule has 1 atom stereocenters. The Morgan fingerprint density at radius 1 is 1.28 bits per heavy atom. The summed E-state index contributed by atoms with van der Waals surface area (Å²) in [5, 5.41) is 2.47. The second-order valence-corrected chi connectivity index (χ2v) is 6.07. The van der Waals surface area contributed by atoms with E-state index in [9.17, 15) is 4.79 Å². The minimum atomic E-state index is -1.78. The van der Waals surface area contributed by atoms with Crippen LogP contribution >= 0.6 is 34.8 Å². The van der Waals surface area contributed by atoms with Crippen molar-refractivity contribution >= 4 is 40.8 Å². The summed E-state index contributed by atoms with van der Waals surface area (Å²) in [5.41, 5.74) is 0. The fourth-order valence-electron chi connectivity index (χ4n) is 1.05. The number of halogens is 3. The van der Waals surface area contributed by atoms with Gasteiger partial charge in [0.2, 0.25) is 10.0 Å². The van der Waals surface area contributed by atoms with Crippen LogP contribution in [-0.4, -0.2) is 35.0 Å². The molecule has 0 aromatic heterocycles. The quantitative estimate of drug-likeness (QED) is 0.688. The van der Waals surface area contributed by atoms with Gasteiger partial charge in [-0.25, -0.2) is 4.79 Å². The molecule has 0 unspecified atom stereocenters. The zero-order valence-corrected chi connectivity index (χ0v) is 12.1. The average molecular weight is 312 g/mol.